The van der Waals surface area contributed by atoms with Gasteiger partial charge in [0.1, 0.15) is 0 Å². The number of methoxy groups -OCH3 is 2. The standard InChI is InChI=1S/C20H25N3O5/c1-26-16-6-5-15(14-18(16)27-2)19(24)21-7-8-22-9-11-23(12-10-22)20(25)17-4-3-13-28-17/h3-6,13-14H,7-12H2,1-2H3,(H,21,24). The van der Waals surface area contributed by atoms with E-state index in [-0.39, 0.29) is 11.8 Å². The molecule has 2 amide bonds. The minimum Gasteiger partial charge on any atom is -0.493 e. The molecule has 0 atom stereocenters. The lowest BCUT2D eigenvalue weighted by molar-refractivity contribution is 0.0607. The summed E-state index contributed by atoms with van der Waals surface area (Å²) in [6.45, 7) is 4.06. The summed E-state index contributed by atoms with van der Waals surface area (Å²) in [6, 6.07) is 8.47. The molecule has 1 aromatic carbocycles. The third-order valence-corrected chi connectivity index (χ3v) is 4.75. The number of hydrogen-bond acceptors (Lipinski definition) is 6. The molecule has 0 saturated carbocycles. The second-order valence-electron chi connectivity index (χ2n) is 6.44. The lowest BCUT2D eigenvalue weighted by Crippen LogP contribution is -2.50. The van der Waals surface area contributed by atoms with E-state index in [4.69, 9.17) is 13.9 Å². The van der Waals surface area contributed by atoms with Crippen LogP contribution in [0.4, 0.5) is 0 Å². The van der Waals surface area contributed by atoms with Crippen LogP contribution in [0.5, 0.6) is 11.5 Å². The summed E-state index contributed by atoms with van der Waals surface area (Å²) in [5.74, 6) is 1.24. The van der Waals surface area contributed by atoms with Crippen molar-refractivity contribution >= 4 is 11.8 Å². The van der Waals surface area contributed by atoms with Crippen molar-refractivity contribution in [3.8, 4) is 11.5 Å². The lowest BCUT2D eigenvalue weighted by Gasteiger charge is -2.34. The maximum atomic E-state index is 12.3. The number of furan rings is 1. The van der Waals surface area contributed by atoms with Crippen molar-refractivity contribution in [1.29, 1.82) is 0 Å². The Bertz CT molecular complexity index is 798. The number of piperazine rings is 1. The Morgan fingerprint density at radius 2 is 1.82 bits per heavy atom. The van der Waals surface area contributed by atoms with Crippen molar-refractivity contribution in [2.75, 3.05) is 53.5 Å². The lowest BCUT2D eigenvalue weighted by atomic mass is 10.2. The molecule has 0 unspecified atom stereocenters. The first kappa shape index (κ1) is 19.8. The van der Waals surface area contributed by atoms with Crippen LogP contribution in [0.2, 0.25) is 0 Å². The van der Waals surface area contributed by atoms with Gasteiger partial charge in [0.2, 0.25) is 0 Å². The molecule has 0 bridgehead atoms. The van der Waals surface area contributed by atoms with Gasteiger partial charge in [-0.3, -0.25) is 14.5 Å². The first-order chi connectivity index (χ1) is 13.6. The average Bonchev–Trinajstić information content (AvgIpc) is 3.28. The van der Waals surface area contributed by atoms with E-state index < -0.39 is 0 Å². The Balaban J connectivity index is 1.42. The topological polar surface area (TPSA) is 84.3 Å². The molecule has 1 fully saturated rings. The van der Waals surface area contributed by atoms with Gasteiger partial charge >= 0.3 is 0 Å². The summed E-state index contributed by atoms with van der Waals surface area (Å²) < 4.78 is 15.6. The van der Waals surface area contributed by atoms with Crippen LogP contribution in [0.15, 0.2) is 41.0 Å². The van der Waals surface area contributed by atoms with Gasteiger partial charge in [0, 0.05) is 44.8 Å². The highest BCUT2D eigenvalue weighted by Crippen LogP contribution is 2.27. The Morgan fingerprint density at radius 1 is 1.07 bits per heavy atom. The Kier molecular flexibility index (Phi) is 6.54. The van der Waals surface area contributed by atoms with Crippen molar-refractivity contribution in [2.24, 2.45) is 0 Å². The number of nitrogens with one attached hydrogen (secondary N) is 1. The Hall–Kier alpha value is -3.00. The predicted molar refractivity (Wildman–Crippen MR) is 103 cm³/mol. The molecule has 28 heavy (non-hydrogen) atoms. The molecule has 8 nitrogen and oxygen atoms in total. The van der Waals surface area contributed by atoms with Crippen molar-refractivity contribution < 1.29 is 23.5 Å². The largest absolute Gasteiger partial charge is 0.493 e. The first-order valence-corrected chi connectivity index (χ1v) is 9.17. The van der Waals surface area contributed by atoms with Crippen LogP contribution in [0, 0.1) is 0 Å². The zero-order chi connectivity index (χ0) is 19.9. The van der Waals surface area contributed by atoms with Gasteiger partial charge < -0.3 is 24.1 Å². The molecule has 0 radical (unpaired) electrons. The van der Waals surface area contributed by atoms with E-state index in [1.807, 2.05) is 0 Å². The summed E-state index contributed by atoms with van der Waals surface area (Å²) in [5.41, 5.74) is 0.520. The quantitative estimate of drug-likeness (QED) is 0.775. The van der Waals surface area contributed by atoms with Crippen LogP contribution in [-0.4, -0.2) is 75.1 Å². The molecule has 1 aliphatic heterocycles. The summed E-state index contributed by atoms with van der Waals surface area (Å²) >= 11 is 0. The summed E-state index contributed by atoms with van der Waals surface area (Å²) in [7, 11) is 3.09. The normalized spacial score (nSPS) is 14.6. The van der Waals surface area contributed by atoms with Crippen LogP contribution in [0.25, 0.3) is 0 Å². The van der Waals surface area contributed by atoms with E-state index >= 15 is 0 Å². The van der Waals surface area contributed by atoms with E-state index in [9.17, 15) is 9.59 Å². The van der Waals surface area contributed by atoms with Crippen LogP contribution in [0.3, 0.4) is 0 Å². The number of hydrogen-bond donors (Lipinski definition) is 1. The van der Waals surface area contributed by atoms with E-state index in [1.54, 1.807) is 42.3 Å². The van der Waals surface area contributed by atoms with E-state index in [1.165, 1.54) is 13.4 Å². The molecular weight excluding hydrogens is 362 g/mol. The number of carbonyl (C=O) groups excluding carboxylic acids is 2. The molecule has 0 spiro atoms. The van der Waals surface area contributed by atoms with Gasteiger partial charge in [-0.15, -0.1) is 0 Å². The monoisotopic (exact) mass is 387 g/mol. The molecule has 1 saturated heterocycles. The van der Waals surface area contributed by atoms with E-state index in [0.29, 0.717) is 42.5 Å². The molecule has 1 aromatic heterocycles. The zero-order valence-corrected chi connectivity index (χ0v) is 16.1. The van der Waals surface area contributed by atoms with Crippen molar-refractivity contribution in [1.82, 2.24) is 15.1 Å². The fourth-order valence-electron chi connectivity index (χ4n) is 3.14. The predicted octanol–water partition coefficient (Wildman–Crippen LogP) is 1.48. The van der Waals surface area contributed by atoms with Crippen LogP contribution in [-0.2, 0) is 0 Å². The number of ether oxygens (including phenoxy) is 2. The molecule has 1 N–H and O–H groups in total. The Morgan fingerprint density at radius 3 is 2.46 bits per heavy atom. The molecular formula is C20H25N3O5. The highest BCUT2D eigenvalue weighted by molar-refractivity contribution is 5.94. The van der Waals surface area contributed by atoms with Crippen molar-refractivity contribution in [3.05, 3.63) is 47.9 Å². The molecule has 2 heterocycles. The fourth-order valence-corrected chi connectivity index (χ4v) is 3.14. The summed E-state index contributed by atoms with van der Waals surface area (Å²) in [6.07, 6.45) is 1.50. The van der Waals surface area contributed by atoms with Crippen LogP contribution < -0.4 is 14.8 Å². The van der Waals surface area contributed by atoms with Gasteiger partial charge in [-0.25, -0.2) is 0 Å². The fraction of sp³-hybridized carbons (Fsp3) is 0.400. The smallest absolute Gasteiger partial charge is 0.289 e. The van der Waals surface area contributed by atoms with Crippen LogP contribution >= 0.6 is 0 Å². The third-order valence-electron chi connectivity index (χ3n) is 4.75. The molecule has 2 aromatic rings. The number of carbonyl (C=O) groups is 2. The second-order valence-corrected chi connectivity index (χ2v) is 6.44. The zero-order valence-electron chi connectivity index (χ0n) is 16.1. The van der Waals surface area contributed by atoms with Gasteiger partial charge in [0.15, 0.2) is 17.3 Å². The number of rotatable bonds is 7. The molecule has 0 aliphatic carbocycles. The molecule has 150 valence electrons. The SMILES string of the molecule is COc1ccc(C(=O)NCCN2CCN(C(=O)c3ccco3)CC2)cc1OC. The average molecular weight is 387 g/mol. The summed E-state index contributed by atoms with van der Waals surface area (Å²) in [4.78, 5) is 28.6. The van der Waals surface area contributed by atoms with E-state index in [2.05, 4.69) is 10.2 Å². The highest BCUT2D eigenvalue weighted by atomic mass is 16.5. The van der Waals surface area contributed by atoms with Crippen molar-refractivity contribution in [2.45, 2.75) is 0 Å². The number of nitrogens with zero attached hydrogens (tertiary/aromatic N) is 2. The van der Waals surface area contributed by atoms with Gasteiger partial charge in [0.25, 0.3) is 11.8 Å². The summed E-state index contributed by atoms with van der Waals surface area (Å²) in [5, 5.41) is 2.92. The minimum absolute atomic E-state index is 0.0774. The molecule has 3 rings (SSSR count). The van der Waals surface area contributed by atoms with Gasteiger partial charge in [-0.05, 0) is 30.3 Å². The van der Waals surface area contributed by atoms with Gasteiger partial charge in [-0.2, -0.15) is 0 Å². The van der Waals surface area contributed by atoms with E-state index in [0.717, 1.165) is 19.6 Å². The van der Waals surface area contributed by atoms with Crippen LogP contribution in [0.1, 0.15) is 20.9 Å². The third kappa shape index (κ3) is 4.64. The van der Waals surface area contributed by atoms with Gasteiger partial charge in [-0.1, -0.05) is 0 Å². The molecule has 1 aliphatic rings. The van der Waals surface area contributed by atoms with Crippen molar-refractivity contribution in [3.63, 3.8) is 0 Å². The van der Waals surface area contributed by atoms with Gasteiger partial charge in [0.05, 0.1) is 20.5 Å². The number of benzene rings is 1. The maximum absolute atomic E-state index is 12.3. The number of amides is 2. The maximum Gasteiger partial charge on any atom is 0.289 e. The second kappa shape index (κ2) is 9.27. The molecule has 8 heteroatoms. The minimum atomic E-state index is -0.160. The Labute approximate surface area is 164 Å². The highest BCUT2D eigenvalue weighted by Gasteiger charge is 2.23. The first-order valence-electron chi connectivity index (χ1n) is 9.17.